The summed E-state index contributed by atoms with van der Waals surface area (Å²) in [6, 6.07) is 0. The van der Waals surface area contributed by atoms with Crippen molar-refractivity contribution in [3.8, 4) is 0 Å². The van der Waals surface area contributed by atoms with E-state index in [0.717, 1.165) is 38.2 Å². The van der Waals surface area contributed by atoms with E-state index in [1.165, 1.54) is 0 Å². The summed E-state index contributed by atoms with van der Waals surface area (Å²) in [6.07, 6.45) is 5.80. The molecule has 0 aromatic carbocycles. The van der Waals surface area contributed by atoms with Gasteiger partial charge in [0.15, 0.2) is 0 Å². The first-order chi connectivity index (χ1) is 7.16. The van der Waals surface area contributed by atoms with Crippen molar-refractivity contribution in [3.05, 3.63) is 12.7 Å². The lowest BCUT2D eigenvalue weighted by molar-refractivity contribution is -0.138. The SMILES string of the molecule is C=CC(=O)OCCCCCCCC(=O)O. The Labute approximate surface area is 89.9 Å². The number of ether oxygens (including phenoxy) is 1. The van der Waals surface area contributed by atoms with Gasteiger partial charge in [0.05, 0.1) is 6.61 Å². The Bertz CT molecular complexity index is 211. The maximum Gasteiger partial charge on any atom is 0.330 e. The molecule has 0 aromatic rings. The minimum Gasteiger partial charge on any atom is -0.481 e. The van der Waals surface area contributed by atoms with Gasteiger partial charge in [-0.25, -0.2) is 4.79 Å². The zero-order chi connectivity index (χ0) is 11.5. The molecule has 0 aliphatic heterocycles. The molecule has 1 N–H and O–H groups in total. The average Bonchev–Trinajstić information content (AvgIpc) is 2.21. The highest BCUT2D eigenvalue weighted by Gasteiger charge is 1.97. The molecule has 0 bridgehead atoms. The zero-order valence-electron chi connectivity index (χ0n) is 8.91. The largest absolute Gasteiger partial charge is 0.481 e. The maximum atomic E-state index is 10.6. The molecule has 4 heteroatoms. The molecule has 0 unspecified atom stereocenters. The second-order valence-electron chi connectivity index (χ2n) is 3.28. The standard InChI is InChI=1S/C11H18O4/c1-2-11(14)15-9-7-5-3-4-6-8-10(12)13/h2H,1,3-9H2,(H,12,13). The van der Waals surface area contributed by atoms with E-state index in [0.29, 0.717) is 6.61 Å². The molecule has 0 saturated carbocycles. The third-order valence-electron chi connectivity index (χ3n) is 1.95. The quantitative estimate of drug-likeness (QED) is 0.363. The molecule has 0 aromatic heterocycles. The summed E-state index contributed by atoms with van der Waals surface area (Å²) in [4.78, 5) is 20.8. The van der Waals surface area contributed by atoms with Crippen LogP contribution in [0.15, 0.2) is 12.7 Å². The van der Waals surface area contributed by atoms with E-state index >= 15 is 0 Å². The monoisotopic (exact) mass is 214 g/mol. The van der Waals surface area contributed by atoms with Crippen LogP contribution in [0.25, 0.3) is 0 Å². The number of rotatable bonds is 9. The molecule has 86 valence electrons. The van der Waals surface area contributed by atoms with Gasteiger partial charge in [-0.05, 0) is 12.8 Å². The molecule has 0 rings (SSSR count). The van der Waals surface area contributed by atoms with Crippen LogP contribution in [0.1, 0.15) is 38.5 Å². The van der Waals surface area contributed by atoms with Gasteiger partial charge in [-0.2, -0.15) is 0 Å². The molecule has 0 fully saturated rings. The maximum absolute atomic E-state index is 10.6. The summed E-state index contributed by atoms with van der Waals surface area (Å²) in [5.41, 5.74) is 0. The van der Waals surface area contributed by atoms with Crippen LogP contribution >= 0.6 is 0 Å². The highest BCUT2D eigenvalue weighted by atomic mass is 16.5. The summed E-state index contributed by atoms with van der Waals surface area (Å²) in [7, 11) is 0. The number of hydrogen-bond acceptors (Lipinski definition) is 3. The van der Waals surface area contributed by atoms with E-state index in [9.17, 15) is 9.59 Å². The van der Waals surface area contributed by atoms with Gasteiger partial charge in [-0.1, -0.05) is 25.8 Å². The van der Waals surface area contributed by atoms with E-state index in [4.69, 9.17) is 9.84 Å². The summed E-state index contributed by atoms with van der Waals surface area (Å²) >= 11 is 0. The van der Waals surface area contributed by atoms with Gasteiger partial charge in [0, 0.05) is 12.5 Å². The Hall–Kier alpha value is -1.32. The summed E-state index contributed by atoms with van der Waals surface area (Å²) < 4.78 is 4.78. The molecule has 0 aliphatic carbocycles. The number of hydrogen-bond donors (Lipinski definition) is 1. The normalized spacial score (nSPS) is 9.60. The van der Waals surface area contributed by atoms with Crippen LogP contribution < -0.4 is 0 Å². The molecule has 0 aliphatic rings. The Morgan fingerprint density at radius 1 is 1.13 bits per heavy atom. The fraction of sp³-hybridized carbons (Fsp3) is 0.636. The van der Waals surface area contributed by atoms with Gasteiger partial charge < -0.3 is 9.84 Å². The predicted octanol–water partition coefficient (Wildman–Crippen LogP) is 2.14. The topological polar surface area (TPSA) is 63.6 Å². The third kappa shape index (κ3) is 10.6. The van der Waals surface area contributed by atoms with Crippen LogP contribution in [0.4, 0.5) is 0 Å². The molecule has 4 nitrogen and oxygen atoms in total. The van der Waals surface area contributed by atoms with Crippen molar-refractivity contribution in [1.29, 1.82) is 0 Å². The third-order valence-corrected chi connectivity index (χ3v) is 1.95. The van der Waals surface area contributed by atoms with Crippen LogP contribution in [0.3, 0.4) is 0 Å². The van der Waals surface area contributed by atoms with Gasteiger partial charge in [0.25, 0.3) is 0 Å². The van der Waals surface area contributed by atoms with Gasteiger partial charge in [-0.15, -0.1) is 0 Å². The Balaban J connectivity index is 3.08. The average molecular weight is 214 g/mol. The van der Waals surface area contributed by atoms with Crippen molar-refractivity contribution in [2.75, 3.05) is 6.61 Å². The first-order valence-electron chi connectivity index (χ1n) is 5.18. The van der Waals surface area contributed by atoms with E-state index in [1.54, 1.807) is 0 Å². The molecular weight excluding hydrogens is 196 g/mol. The number of carbonyl (C=O) groups excluding carboxylic acids is 1. The number of aliphatic carboxylic acids is 1. The highest BCUT2D eigenvalue weighted by Crippen LogP contribution is 2.05. The van der Waals surface area contributed by atoms with Crippen LogP contribution in [0.5, 0.6) is 0 Å². The van der Waals surface area contributed by atoms with Crippen molar-refractivity contribution in [2.24, 2.45) is 0 Å². The molecule has 0 saturated heterocycles. The second-order valence-corrected chi connectivity index (χ2v) is 3.28. The van der Waals surface area contributed by atoms with Gasteiger partial charge in [-0.3, -0.25) is 4.79 Å². The summed E-state index contributed by atoms with van der Waals surface area (Å²) in [6.45, 7) is 3.71. The van der Waals surface area contributed by atoms with Crippen molar-refractivity contribution < 1.29 is 19.4 Å². The number of unbranched alkanes of at least 4 members (excludes halogenated alkanes) is 4. The van der Waals surface area contributed by atoms with Crippen molar-refractivity contribution in [2.45, 2.75) is 38.5 Å². The zero-order valence-corrected chi connectivity index (χ0v) is 8.91. The minimum atomic E-state index is -0.741. The lowest BCUT2D eigenvalue weighted by Crippen LogP contribution is -2.01. The van der Waals surface area contributed by atoms with E-state index < -0.39 is 5.97 Å². The van der Waals surface area contributed by atoms with Gasteiger partial charge in [0.2, 0.25) is 0 Å². The van der Waals surface area contributed by atoms with Crippen LogP contribution in [-0.2, 0) is 14.3 Å². The minimum absolute atomic E-state index is 0.242. The first kappa shape index (κ1) is 13.7. The summed E-state index contributed by atoms with van der Waals surface area (Å²) in [5, 5.41) is 8.38. The molecule has 0 amide bonds. The number of esters is 1. The Morgan fingerprint density at radius 3 is 2.33 bits per heavy atom. The fourth-order valence-corrected chi connectivity index (χ4v) is 1.14. The number of carboxylic acids is 1. The smallest absolute Gasteiger partial charge is 0.330 e. The number of carboxylic acid groups (broad SMARTS) is 1. The van der Waals surface area contributed by atoms with Gasteiger partial charge >= 0.3 is 11.9 Å². The molecule has 15 heavy (non-hydrogen) atoms. The van der Waals surface area contributed by atoms with E-state index in [1.807, 2.05) is 0 Å². The van der Waals surface area contributed by atoms with Crippen molar-refractivity contribution in [1.82, 2.24) is 0 Å². The van der Waals surface area contributed by atoms with Gasteiger partial charge in [0.1, 0.15) is 0 Å². The lowest BCUT2D eigenvalue weighted by Gasteiger charge is -2.01. The van der Waals surface area contributed by atoms with Crippen molar-refractivity contribution >= 4 is 11.9 Å². The predicted molar refractivity (Wildman–Crippen MR) is 56.5 cm³/mol. The Kier molecular flexibility index (Phi) is 8.43. The van der Waals surface area contributed by atoms with Crippen LogP contribution in [-0.4, -0.2) is 23.7 Å². The summed E-state index contributed by atoms with van der Waals surface area (Å²) in [5.74, 6) is -1.13. The van der Waals surface area contributed by atoms with E-state index in [2.05, 4.69) is 6.58 Å². The Morgan fingerprint density at radius 2 is 1.73 bits per heavy atom. The molecule has 0 radical (unpaired) electrons. The molecule has 0 atom stereocenters. The first-order valence-corrected chi connectivity index (χ1v) is 5.18. The highest BCUT2D eigenvalue weighted by molar-refractivity contribution is 5.81. The van der Waals surface area contributed by atoms with Crippen molar-refractivity contribution in [3.63, 3.8) is 0 Å². The molecular formula is C11H18O4. The van der Waals surface area contributed by atoms with Crippen LogP contribution in [0, 0.1) is 0 Å². The number of carbonyl (C=O) groups is 2. The van der Waals surface area contributed by atoms with E-state index in [-0.39, 0.29) is 12.4 Å². The molecule has 0 spiro atoms. The van der Waals surface area contributed by atoms with Crippen LogP contribution in [0.2, 0.25) is 0 Å². The fourth-order valence-electron chi connectivity index (χ4n) is 1.14. The second kappa shape index (κ2) is 9.24. The lowest BCUT2D eigenvalue weighted by atomic mass is 10.1. The molecule has 0 heterocycles.